The predicted octanol–water partition coefficient (Wildman–Crippen LogP) is 3.55. The minimum absolute atomic E-state index is 0.00787. The van der Waals surface area contributed by atoms with Gasteiger partial charge in [0, 0.05) is 0 Å². The van der Waals surface area contributed by atoms with Crippen molar-refractivity contribution in [2.75, 3.05) is 6.61 Å². The van der Waals surface area contributed by atoms with Crippen LogP contribution < -0.4 is 0 Å². The van der Waals surface area contributed by atoms with Crippen LogP contribution in [0.2, 0.25) is 0 Å². The first-order valence-electron chi connectivity index (χ1n) is 5.92. The fraction of sp³-hybridized carbons (Fsp3) is 0.917. The van der Waals surface area contributed by atoms with Crippen molar-refractivity contribution in [1.82, 2.24) is 0 Å². The largest absolute Gasteiger partial charge is 0.465 e. The van der Waals surface area contributed by atoms with E-state index in [9.17, 15) is 4.79 Å². The lowest BCUT2D eigenvalue weighted by Crippen LogP contribution is -2.16. The van der Waals surface area contributed by atoms with Crippen molar-refractivity contribution < 1.29 is 9.53 Å². The summed E-state index contributed by atoms with van der Waals surface area (Å²) in [6.07, 6.45) is 6.43. The molecule has 0 aliphatic heterocycles. The van der Waals surface area contributed by atoms with Gasteiger partial charge in [-0.3, -0.25) is 4.79 Å². The first-order valence-corrected chi connectivity index (χ1v) is 5.92. The molecule has 0 aromatic rings. The Morgan fingerprint density at radius 2 is 1.71 bits per heavy atom. The van der Waals surface area contributed by atoms with E-state index in [4.69, 9.17) is 4.74 Å². The molecule has 14 heavy (non-hydrogen) atoms. The number of rotatable bonds is 8. The van der Waals surface area contributed by atoms with Gasteiger partial charge in [-0.25, -0.2) is 0 Å². The highest BCUT2D eigenvalue weighted by Crippen LogP contribution is 2.10. The van der Waals surface area contributed by atoms with Gasteiger partial charge in [0.2, 0.25) is 0 Å². The highest BCUT2D eigenvalue weighted by atomic mass is 16.5. The quantitative estimate of drug-likeness (QED) is 0.442. The van der Waals surface area contributed by atoms with Gasteiger partial charge in [-0.05, 0) is 19.3 Å². The summed E-state index contributed by atoms with van der Waals surface area (Å²) < 4.78 is 5.19. The van der Waals surface area contributed by atoms with Gasteiger partial charge >= 0.3 is 5.97 Å². The van der Waals surface area contributed by atoms with Crippen LogP contribution in [0.1, 0.15) is 59.3 Å². The van der Waals surface area contributed by atoms with Gasteiger partial charge in [-0.1, -0.05) is 40.0 Å². The van der Waals surface area contributed by atoms with Crippen molar-refractivity contribution >= 4 is 5.97 Å². The number of ether oxygens (including phenoxy) is 1. The Bertz CT molecular complexity index is 139. The Morgan fingerprint density at radius 1 is 1.07 bits per heavy atom. The topological polar surface area (TPSA) is 26.3 Å². The maximum absolute atomic E-state index is 11.4. The Kier molecular flexibility index (Phi) is 8.70. The molecule has 0 radical (unpaired) electrons. The second-order valence-corrected chi connectivity index (χ2v) is 3.74. The molecule has 0 aromatic heterocycles. The fourth-order valence-electron chi connectivity index (χ4n) is 1.44. The number of unbranched alkanes of at least 4 members (excludes halogenated alkanes) is 3. The van der Waals surface area contributed by atoms with E-state index in [2.05, 4.69) is 6.92 Å². The van der Waals surface area contributed by atoms with E-state index < -0.39 is 0 Å². The van der Waals surface area contributed by atoms with E-state index in [0.717, 1.165) is 19.3 Å². The zero-order valence-electron chi connectivity index (χ0n) is 9.84. The van der Waals surface area contributed by atoms with Gasteiger partial charge in [0.05, 0.1) is 12.5 Å². The third-order valence-electron chi connectivity index (χ3n) is 2.56. The first-order chi connectivity index (χ1) is 6.76. The fourth-order valence-corrected chi connectivity index (χ4v) is 1.44. The average Bonchev–Trinajstić information content (AvgIpc) is 2.19. The van der Waals surface area contributed by atoms with Crippen molar-refractivity contribution in [3.8, 4) is 0 Å². The van der Waals surface area contributed by atoms with Crippen LogP contribution in [0.3, 0.4) is 0 Å². The number of carbonyl (C=O) groups excluding carboxylic acids is 1. The summed E-state index contributed by atoms with van der Waals surface area (Å²) in [4.78, 5) is 11.4. The average molecular weight is 200 g/mol. The van der Waals surface area contributed by atoms with Crippen LogP contribution in [0.15, 0.2) is 0 Å². The molecule has 0 heterocycles. The Hall–Kier alpha value is -0.530. The van der Waals surface area contributed by atoms with Crippen LogP contribution in [0, 0.1) is 5.92 Å². The molecule has 2 heteroatoms. The lowest BCUT2D eigenvalue weighted by Gasteiger charge is -2.11. The molecule has 0 atom stereocenters. The van der Waals surface area contributed by atoms with Crippen molar-refractivity contribution in [3.05, 3.63) is 0 Å². The van der Waals surface area contributed by atoms with E-state index in [1.54, 1.807) is 0 Å². The van der Waals surface area contributed by atoms with Gasteiger partial charge in [-0.15, -0.1) is 0 Å². The predicted molar refractivity (Wildman–Crippen MR) is 59.2 cm³/mol. The third kappa shape index (κ3) is 6.01. The van der Waals surface area contributed by atoms with Crippen molar-refractivity contribution in [2.45, 2.75) is 59.3 Å². The molecule has 0 N–H and O–H groups in total. The third-order valence-corrected chi connectivity index (χ3v) is 2.56. The zero-order chi connectivity index (χ0) is 10.8. The van der Waals surface area contributed by atoms with E-state index >= 15 is 0 Å². The summed E-state index contributed by atoms with van der Waals surface area (Å²) in [7, 11) is 0. The summed E-state index contributed by atoms with van der Waals surface area (Å²) in [6.45, 7) is 6.85. The second-order valence-electron chi connectivity index (χ2n) is 3.74. The molecule has 0 spiro atoms. The molecular formula is C12H24O2. The molecule has 0 saturated carbocycles. The van der Waals surface area contributed by atoms with Crippen LogP contribution in [0.4, 0.5) is 0 Å². The van der Waals surface area contributed by atoms with Crippen molar-refractivity contribution in [3.63, 3.8) is 0 Å². The molecule has 84 valence electrons. The molecule has 0 bridgehead atoms. The Morgan fingerprint density at radius 3 is 2.21 bits per heavy atom. The minimum atomic E-state index is -0.00787. The van der Waals surface area contributed by atoms with E-state index in [1.807, 2.05) is 13.8 Å². The number of esters is 1. The lowest BCUT2D eigenvalue weighted by atomic mass is 10.0. The maximum atomic E-state index is 11.4. The summed E-state index contributed by atoms with van der Waals surface area (Å²) in [5, 5.41) is 0. The molecule has 0 rings (SSSR count). The van der Waals surface area contributed by atoms with Crippen LogP contribution in [-0.2, 0) is 9.53 Å². The molecule has 0 fully saturated rings. The molecular weight excluding hydrogens is 176 g/mol. The normalized spacial score (nSPS) is 10.6. The Balaban J connectivity index is 3.43. The summed E-state index contributed by atoms with van der Waals surface area (Å²) in [5.74, 6) is 0.104. The molecule has 0 aliphatic rings. The monoisotopic (exact) mass is 200 g/mol. The van der Waals surface area contributed by atoms with Gasteiger partial charge in [0.15, 0.2) is 0 Å². The van der Waals surface area contributed by atoms with E-state index in [-0.39, 0.29) is 11.9 Å². The van der Waals surface area contributed by atoms with E-state index in [1.165, 1.54) is 19.3 Å². The standard InChI is InChI=1S/C12H24O2/c1-4-7-8-9-10-14-12(13)11(5-2)6-3/h11H,4-10H2,1-3H3. The number of hydrogen-bond acceptors (Lipinski definition) is 2. The van der Waals surface area contributed by atoms with Gasteiger partial charge in [-0.2, -0.15) is 0 Å². The smallest absolute Gasteiger partial charge is 0.308 e. The minimum Gasteiger partial charge on any atom is -0.465 e. The highest BCUT2D eigenvalue weighted by molar-refractivity contribution is 5.72. The van der Waals surface area contributed by atoms with E-state index in [0.29, 0.717) is 6.61 Å². The molecule has 0 saturated heterocycles. The summed E-state index contributed by atoms with van der Waals surface area (Å²) >= 11 is 0. The maximum Gasteiger partial charge on any atom is 0.308 e. The summed E-state index contributed by atoms with van der Waals surface area (Å²) in [6, 6.07) is 0. The Labute approximate surface area is 88.0 Å². The van der Waals surface area contributed by atoms with Gasteiger partial charge in [0.1, 0.15) is 0 Å². The molecule has 0 amide bonds. The SMILES string of the molecule is CCCCCCOC(=O)C(CC)CC. The number of hydrogen-bond donors (Lipinski definition) is 0. The molecule has 0 unspecified atom stereocenters. The first kappa shape index (κ1) is 13.5. The van der Waals surface area contributed by atoms with Crippen LogP contribution in [-0.4, -0.2) is 12.6 Å². The second kappa shape index (κ2) is 9.04. The van der Waals surface area contributed by atoms with Crippen LogP contribution in [0.5, 0.6) is 0 Å². The zero-order valence-corrected chi connectivity index (χ0v) is 9.84. The van der Waals surface area contributed by atoms with Crippen molar-refractivity contribution in [1.29, 1.82) is 0 Å². The number of carbonyl (C=O) groups is 1. The molecule has 2 nitrogen and oxygen atoms in total. The summed E-state index contributed by atoms with van der Waals surface area (Å²) in [5.41, 5.74) is 0. The van der Waals surface area contributed by atoms with Crippen LogP contribution in [0.25, 0.3) is 0 Å². The molecule has 0 aromatic carbocycles. The highest BCUT2D eigenvalue weighted by Gasteiger charge is 2.14. The van der Waals surface area contributed by atoms with Crippen LogP contribution >= 0.6 is 0 Å². The van der Waals surface area contributed by atoms with Crippen molar-refractivity contribution in [2.24, 2.45) is 5.92 Å². The van der Waals surface area contributed by atoms with Gasteiger partial charge < -0.3 is 4.74 Å². The molecule has 0 aliphatic carbocycles. The van der Waals surface area contributed by atoms with Gasteiger partial charge in [0.25, 0.3) is 0 Å². The lowest BCUT2D eigenvalue weighted by molar-refractivity contribution is -0.148.